The van der Waals surface area contributed by atoms with Crippen molar-refractivity contribution in [1.29, 1.82) is 0 Å². The van der Waals surface area contributed by atoms with Crippen molar-refractivity contribution in [2.24, 2.45) is 16.1 Å². The first-order valence-electron chi connectivity index (χ1n) is 7.34. The lowest BCUT2D eigenvalue weighted by Gasteiger charge is -2.11. The molecule has 0 aliphatic heterocycles. The Bertz CT molecular complexity index is 335. The average Bonchev–Trinajstić information content (AvgIpc) is 2.85. The van der Waals surface area contributed by atoms with Crippen LogP contribution in [0.5, 0.6) is 0 Å². The van der Waals surface area contributed by atoms with Gasteiger partial charge in [-0.25, -0.2) is 4.79 Å². The Hall–Kier alpha value is -1.19. The zero-order chi connectivity index (χ0) is 14.1. The minimum absolute atomic E-state index is 0.247. The second-order valence-electron chi connectivity index (χ2n) is 5.39. The minimum atomic E-state index is -0.448. The highest BCUT2D eigenvalue weighted by Crippen LogP contribution is 2.23. The molecule has 0 amide bonds. The molecule has 108 valence electrons. The maximum Gasteiger partial charge on any atom is 0.333 e. The van der Waals surface area contributed by atoms with Crippen molar-refractivity contribution in [2.45, 2.75) is 58.9 Å². The van der Waals surface area contributed by atoms with Crippen LogP contribution in [0, 0.1) is 5.92 Å². The molecule has 0 aromatic carbocycles. The van der Waals surface area contributed by atoms with E-state index in [9.17, 15) is 4.79 Å². The van der Waals surface area contributed by atoms with Crippen LogP contribution in [0.2, 0.25) is 0 Å². The lowest BCUT2D eigenvalue weighted by atomic mass is 10.1. The molecule has 0 aromatic rings. The van der Waals surface area contributed by atoms with Crippen LogP contribution in [0.25, 0.3) is 0 Å². The van der Waals surface area contributed by atoms with Crippen molar-refractivity contribution in [3.8, 4) is 0 Å². The van der Waals surface area contributed by atoms with Crippen LogP contribution in [0.3, 0.4) is 0 Å². The van der Waals surface area contributed by atoms with Crippen LogP contribution < -0.4 is 0 Å². The number of carbonyl (C=O) groups is 1. The molecule has 1 rings (SSSR count). The van der Waals surface area contributed by atoms with E-state index in [2.05, 4.69) is 30.2 Å². The van der Waals surface area contributed by atoms with E-state index in [-0.39, 0.29) is 5.97 Å². The maximum atomic E-state index is 11.9. The van der Waals surface area contributed by atoms with Crippen LogP contribution in [0.1, 0.15) is 52.9 Å². The third-order valence-corrected chi connectivity index (χ3v) is 3.18. The minimum Gasteiger partial charge on any atom is -0.464 e. The van der Waals surface area contributed by atoms with Gasteiger partial charge in [0.05, 0.1) is 13.2 Å². The van der Waals surface area contributed by atoms with E-state index in [0.29, 0.717) is 25.5 Å². The maximum absolute atomic E-state index is 11.9. The fourth-order valence-corrected chi connectivity index (χ4v) is 2.05. The Labute approximate surface area is 116 Å². The number of carbonyl (C=O) groups excluding carboxylic acids is 1. The van der Waals surface area contributed by atoms with E-state index in [1.807, 2.05) is 6.92 Å². The molecule has 0 spiro atoms. The second-order valence-corrected chi connectivity index (χ2v) is 5.39. The number of nitrogens with zero attached hydrogens (tertiary/aromatic N) is 2. The van der Waals surface area contributed by atoms with Gasteiger partial charge in [0, 0.05) is 6.42 Å². The molecular weight excluding hydrogens is 240 g/mol. The van der Waals surface area contributed by atoms with Crippen LogP contribution in [0.4, 0.5) is 0 Å². The molecule has 0 N–H and O–H groups in total. The quantitative estimate of drug-likeness (QED) is 0.380. The highest BCUT2D eigenvalue weighted by atomic mass is 16.5. The molecule has 1 aliphatic carbocycles. The summed E-state index contributed by atoms with van der Waals surface area (Å²) >= 11 is 0. The molecule has 1 aliphatic rings. The van der Waals surface area contributed by atoms with E-state index in [4.69, 9.17) is 4.74 Å². The van der Waals surface area contributed by atoms with Gasteiger partial charge in [0.2, 0.25) is 0 Å². The smallest absolute Gasteiger partial charge is 0.333 e. The first-order valence-corrected chi connectivity index (χ1v) is 7.34. The molecular formula is C15H26N2O2. The van der Waals surface area contributed by atoms with Crippen LogP contribution in [-0.2, 0) is 9.53 Å². The van der Waals surface area contributed by atoms with Crippen molar-refractivity contribution in [2.75, 3.05) is 13.2 Å². The van der Waals surface area contributed by atoms with E-state index < -0.39 is 6.04 Å². The van der Waals surface area contributed by atoms with Gasteiger partial charge in [-0.1, -0.05) is 25.5 Å². The molecule has 0 bridgehead atoms. The molecule has 0 fully saturated rings. The summed E-state index contributed by atoms with van der Waals surface area (Å²) in [6.45, 7) is 7.21. The van der Waals surface area contributed by atoms with Crippen molar-refractivity contribution in [3.05, 3.63) is 11.6 Å². The first kappa shape index (κ1) is 15.9. The number of hydrogen-bond donors (Lipinski definition) is 0. The Balaban J connectivity index is 2.50. The predicted octanol–water partition coefficient (Wildman–Crippen LogP) is 3.92. The predicted molar refractivity (Wildman–Crippen MR) is 76.2 cm³/mol. The van der Waals surface area contributed by atoms with E-state index in [0.717, 1.165) is 19.3 Å². The summed E-state index contributed by atoms with van der Waals surface area (Å²) in [6, 6.07) is -0.448. The molecule has 1 atom stereocenters. The zero-order valence-electron chi connectivity index (χ0n) is 12.4. The summed E-state index contributed by atoms with van der Waals surface area (Å²) < 4.78 is 5.07. The highest BCUT2D eigenvalue weighted by Gasteiger charge is 2.21. The molecule has 0 saturated carbocycles. The summed E-state index contributed by atoms with van der Waals surface area (Å²) in [7, 11) is 0. The monoisotopic (exact) mass is 266 g/mol. The Kier molecular flexibility index (Phi) is 7.38. The number of azo groups is 1. The zero-order valence-corrected chi connectivity index (χ0v) is 12.4. The third-order valence-electron chi connectivity index (χ3n) is 3.18. The summed E-state index contributed by atoms with van der Waals surface area (Å²) in [4.78, 5) is 11.9. The van der Waals surface area contributed by atoms with Crippen LogP contribution >= 0.6 is 0 Å². The number of rotatable bonds is 8. The molecule has 19 heavy (non-hydrogen) atoms. The molecule has 0 aromatic heterocycles. The van der Waals surface area contributed by atoms with Crippen molar-refractivity contribution in [1.82, 2.24) is 0 Å². The van der Waals surface area contributed by atoms with Gasteiger partial charge in [-0.15, -0.1) is 0 Å². The van der Waals surface area contributed by atoms with Crippen LogP contribution in [0.15, 0.2) is 21.9 Å². The number of hydrogen-bond acceptors (Lipinski definition) is 4. The molecule has 4 heteroatoms. The van der Waals surface area contributed by atoms with Crippen LogP contribution in [-0.4, -0.2) is 25.2 Å². The fourth-order valence-electron chi connectivity index (χ4n) is 2.05. The van der Waals surface area contributed by atoms with Gasteiger partial charge in [0.25, 0.3) is 0 Å². The standard InChI is InChI=1S/C15H26N2O2/c1-4-19-15(18)14(11-13-7-5-6-8-13)17-16-10-9-12(2)3/h7,12,14H,4-6,8-11H2,1-3H3. The average molecular weight is 266 g/mol. The normalized spacial score (nSPS) is 16.9. The highest BCUT2D eigenvalue weighted by molar-refractivity contribution is 5.76. The number of esters is 1. The second kappa shape index (κ2) is 8.83. The largest absolute Gasteiger partial charge is 0.464 e. The Morgan fingerprint density at radius 2 is 2.26 bits per heavy atom. The van der Waals surface area contributed by atoms with Gasteiger partial charge < -0.3 is 4.74 Å². The van der Waals surface area contributed by atoms with Crippen molar-refractivity contribution < 1.29 is 9.53 Å². The van der Waals surface area contributed by atoms with Gasteiger partial charge in [-0.05, 0) is 38.5 Å². The van der Waals surface area contributed by atoms with Gasteiger partial charge in [0.1, 0.15) is 0 Å². The first-order chi connectivity index (χ1) is 9.13. The lowest BCUT2D eigenvalue weighted by Crippen LogP contribution is -2.22. The summed E-state index contributed by atoms with van der Waals surface area (Å²) in [5.41, 5.74) is 1.32. The summed E-state index contributed by atoms with van der Waals surface area (Å²) in [6.07, 6.45) is 7.28. The molecule has 0 saturated heterocycles. The topological polar surface area (TPSA) is 51.0 Å². The van der Waals surface area contributed by atoms with Gasteiger partial charge in [-0.3, -0.25) is 0 Å². The Morgan fingerprint density at radius 3 is 2.84 bits per heavy atom. The van der Waals surface area contributed by atoms with Gasteiger partial charge in [0.15, 0.2) is 6.04 Å². The summed E-state index contributed by atoms with van der Waals surface area (Å²) in [5.74, 6) is 0.362. The van der Waals surface area contributed by atoms with Gasteiger partial charge >= 0.3 is 5.97 Å². The number of ether oxygens (including phenoxy) is 1. The van der Waals surface area contributed by atoms with Crippen molar-refractivity contribution >= 4 is 5.97 Å². The molecule has 0 heterocycles. The number of allylic oxidation sites excluding steroid dienone is 1. The molecule has 4 nitrogen and oxygen atoms in total. The molecule has 1 unspecified atom stereocenters. The Morgan fingerprint density at radius 1 is 1.47 bits per heavy atom. The fraction of sp³-hybridized carbons (Fsp3) is 0.800. The van der Waals surface area contributed by atoms with Gasteiger partial charge in [-0.2, -0.15) is 10.2 Å². The summed E-state index contributed by atoms with van der Waals surface area (Å²) in [5, 5.41) is 8.34. The van der Waals surface area contributed by atoms with E-state index in [1.54, 1.807) is 0 Å². The van der Waals surface area contributed by atoms with E-state index in [1.165, 1.54) is 12.0 Å². The van der Waals surface area contributed by atoms with Crippen molar-refractivity contribution in [3.63, 3.8) is 0 Å². The van der Waals surface area contributed by atoms with E-state index >= 15 is 0 Å². The third kappa shape index (κ3) is 6.50. The lowest BCUT2D eigenvalue weighted by molar-refractivity contribution is -0.144. The molecule has 0 radical (unpaired) electrons. The SMILES string of the molecule is CCOC(=O)C(CC1=CCCC1)N=NCCC(C)C.